The fourth-order valence-electron chi connectivity index (χ4n) is 1.51. The lowest BCUT2D eigenvalue weighted by molar-refractivity contribution is -0.122. The molecule has 0 saturated heterocycles. The Morgan fingerprint density at radius 1 is 1.33 bits per heavy atom. The number of aromatic nitrogens is 4. The minimum Gasteiger partial charge on any atom is -0.352 e. The van der Waals surface area contributed by atoms with Gasteiger partial charge in [-0.15, -0.1) is 10.2 Å². The van der Waals surface area contributed by atoms with Gasteiger partial charge in [-0.2, -0.15) is 4.80 Å². The average Bonchev–Trinajstić information content (AvgIpc) is 2.77. The highest BCUT2D eigenvalue weighted by molar-refractivity contribution is 5.75. The topological polar surface area (TPSA) is 72.7 Å². The van der Waals surface area contributed by atoms with Crippen LogP contribution in [0.5, 0.6) is 0 Å². The second kappa shape index (κ2) is 5.39. The van der Waals surface area contributed by atoms with E-state index < -0.39 is 0 Å². The number of carbonyl (C=O) groups is 1. The van der Waals surface area contributed by atoms with Crippen LogP contribution < -0.4 is 5.32 Å². The molecular weight excluding hydrogens is 230 g/mol. The number of rotatable bonds is 4. The molecule has 1 N–H and O–H groups in total. The first kappa shape index (κ1) is 12.2. The van der Waals surface area contributed by atoms with Crippen LogP contribution in [0.3, 0.4) is 0 Å². The molecular formula is C12H15N5O. The molecule has 0 bridgehead atoms. The van der Waals surface area contributed by atoms with Crippen LogP contribution in [0.1, 0.15) is 13.8 Å². The molecule has 18 heavy (non-hydrogen) atoms. The largest absolute Gasteiger partial charge is 0.352 e. The lowest BCUT2D eigenvalue weighted by Crippen LogP contribution is -2.33. The SMILES string of the molecule is CC(C)NC(=O)Cn1nnc(-c2ccccc2)n1. The molecule has 6 nitrogen and oxygen atoms in total. The second-order valence-corrected chi connectivity index (χ2v) is 4.23. The lowest BCUT2D eigenvalue weighted by atomic mass is 10.2. The maximum atomic E-state index is 11.5. The quantitative estimate of drug-likeness (QED) is 0.867. The highest BCUT2D eigenvalue weighted by atomic mass is 16.2. The molecule has 0 unspecified atom stereocenters. The molecule has 0 radical (unpaired) electrons. The summed E-state index contributed by atoms with van der Waals surface area (Å²) in [5.74, 6) is 0.398. The number of nitrogens with zero attached hydrogens (tertiary/aromatic N) is 4. The molecule has 2 aromatic rings. The highest BCUT2D eigenvalue weighted by Gasteiger charge is 2.09. The van der Waals surface area contributed by atoms with Gasteiger partial charge in [0.15, 0.2) is 0 Å². The van der Waals surface area contributed by atoms with E-state index in [-0.39, 0.29) is 18.5 Å². The molecule has 0 aliphatic carbocycles. The molecule has 0 aliphatic heterocycles. The molecule has 0 atom stereocenters. The van der Waals surface area contributed by atoms with Crippen LogP contribution >= 0.6 is 0 Å². The van der Waals surface area contributed by atoms with Crippen LogP contribution in [0.25, 0.3) is 11.4 Å². The number of carbonyl (C=O) groups excluding carboxylic acids is 1. The van der Waals surface area contributed by atoms with Crippen molar-refractivity contribution in [1.29, 1.82) is 0 Å². The fraction of sp³-hybridized carbons (Fsp3) is 0.333. The smallest absolute Gasteiger partial charge is 0.243 e. The fourth-order valence-corrected chi connectivity index (χ4v) is 1.51. The Morgan fingerprint density at radius 3 is 2.72 bits per heavy atom. The van der Waals surface area contributed by atoms with E-state index in [9.17, 15) is 4.79 Å². The van der Waals surface area contributed by atoms with E-state index in [0.717, 1.165) is 5.56 Å². The number of hydrogen-bond donors (Lipinski definition) is 1. The molecule has 1 amide bonds. The van der Waals surface area contributed by atoms with Crippen molar-refractivity contribution >= 4 is 5.91 Å². The van der Waals surface area contributed by atoms with Crippen LogP contribution in [0.4, 0.5) is 0 Å². The van der Waals surface area contributed by atoms with Crippen molar-refractivity contribution in [3.05, 3.63) is 30.3 Å². The summed E-state index contributed by atoms with van der Waals surface area (Å²) in [6, 6.07) is 9.63. The first-order chi connectivity index (χ1) is 8.65. The van der Waals surface area contributed by atoms with E-state index in [1.165, 1.54) is 4.80 Å². The van der Waals surface area contributed by atoms with Gasteiger partial charge >= 0.3 is 0 Å². The van der Waals surface area contributed by atoms with Crippen LogP contribution in [-0.4, -0.2) is 32.2 Å². The van der Waals surface area contributed by atoms with Gasteiger partial charge < -0.3 is 5.32 Å². The molecule has 1 aromatic heterocycles. The van der Waals surface area contributed by atoms with Crippen molar-refractivity contribution in [2.24, 2.45) is 0 Å². The maximum absolute atomic E-state index is 11.5. The van der Waals surface area contributed by atoms with Gasteiger partial charge in [-0.1, -0.05) is 30.3 Å². The van der Waals surface area contributed by atoms with Crippen molar-refractivity contribution in [1.82, 2.24) is 25.5 Å². The van der Waals surface area contributed by atoms with Gasteiger partial charge in [0.25, 0.3) is 0 Å². The normalized spacial score (nSPS) is 10.6. The number of amides is 1. The molecule has 2 rings (SSSR count). The van der Waals surface area contributed by atoms with Crippen LogP contribution in [0.15, 0.2) is 30.3 Å². The van der Waals surface area contributed by atoms with Gasteiger partial charge in [-0.3, -0.25) is 4.79 Å². The monoisotopic (exact) mass is 245 g/mol. The summed E-state index contributed by atoms with van der Waals surface area (Å²) < 4.78 is 0. The predicted octanol–water partition coefficient (Wildman–Crippen LogP) is 0.865. The Hall–Kier alpha value is -2.24. The lowest BCUT2D eigenvalue weighted by Gasteiger charge is -2.06. The second-order valence-electron chi connectivity index (χ2n) is 4.23. The number of tetrazole rings is 1. The minimum absolute atomic E-state index is 0.0814. The Morgan fingerprint density at radius 2 is 2.06 bits per heavy atom. The Balaban J connectivity index is 2.05. The van der Waals surface area contributed by atoms with Crippen molar-refractivity contribution in [3.8, 4) is 11.4 Å². The third kappa shape index (κ3) is 3.13. The van der Waals surface area contributed by atoms with Crippen LogP contribution in [0, 0.1) is 0 Å². The summed E-state index contributed by atoms with van der Waals surface area (Å²) in [5.41, 5.74) is 0.882. The van der Waals surface area contributed by atoms with Gasteiger partial charge in [0, 0.05) is 11.6 Å². The van der Waals surface area contributed by atoms with Gasteiger partial charge in [0.1, 0.15) is 6.54 Å². The van der Waals surface area contributed by atoms with Crippen molar-refractivity contribution in [2.75, 3.05) is 0 Å². The summed E-state index contributed by atoms with van der Waals surface area (Å²) in [6.45, 7) is 3.89. The summed E-state index contributed by atoms with van der Waals surface area (Å²) in [5, 5.41) is 14.7. The van der Waals surface area contributed by atoms with E-state index in [1.807, 2.05) is 44.2 Å². The van der Waals surface area contributed by atoms with Gasteiger partial charge in [0.2, 0.25) is 11.7 Å². The molecule has 0 spiro atoms. The van der Waals surface area contributed by atoms with Crippen LogP contribution in [0.2, 0.25) is 0 Å². The zero-order chi connectivity index (χ0) is 13.0. The molecule has 6 heteroatoms. The summed E-state index contributed by atoms with van der Waals surface area (Å²) in [4.78, 5) is 12.8. The Labute approximate surface area is 105 Å². The molecule has 0 saturated carbocycles. The molecule has 1 heterocycles. The van der Waals surface area contributed by atoms with Gasteiger partial charge in [0.05, 0.1) is 0 Å². The standard InChI is InChI=1S/C12H15N5O/c1-9(2)13-11(18)8-17-15-12(14-16-17)10-6-4-3-5-7-10/h3-7,9H,8H2,1-2H3,(H,13,18). The summed E-state index contributed by atoms with van der Waals surface area (Å²) in [6.07, 6.45) is 0. The average molecular weight is 245 g/mol. The van der Waals surface area contributed by atoms with Crippen molar-refractivity contribution in [3.63, 3.8) is 0 Å². The first-order valence-electron chi connectivity index (χ1n) is 5.78. The van der Waals surface area contributed by atoms with Gasteiger partial charge in [-0.25, -0.2) is 0 Å². The third-order valence-corrected chi connectivity index (χ3v) is 2.22. The van der Waals surface area contributed by atoms with E-state index in [1.54, 1.807) is 0 Å². The zero-order valence-electron chi connectivity index (χ0n) is 10.4. The molecule has 0 aliphatic rings. The molecule has 0 fully saturated rings. The Kier molecular flexibility index (Phi) is 3.66. The van der Waals surface area contributed by atoms with Gasteiger partial charge in [-0.05, 0) is 19.1 Å². The van der Waals surface area contributed by atoms with Crippen molar-refractivity contribution in [2.45, 2.75) is 26.4 Å². The van der Waals surface area contributed by atoms with E-state index >= 15 is 0 Å². The van der Waals surface area contributed by atoms with Crippen LogP contribution in [-0.2, 0) is 11.3 Å². The van der Waals surface area contributed by atoms with Crippen molar-refractivity contribution < 1.29 is 4.79 Å². The zero-order valence-corrected chi connectivity index (χ0v) is 10.4. The highest BCUT2D eigenvalue weighted by Crippen LogP contribution is 2.11. The van der Waals surface area contributed by atoms with E-state index in [4.69, 9.17) is 0 Å². The number of benzene rings is 1. The molecule has 94 valence electrons. The molecule has 1 aromatic carbocycles. The number of nitrogens with one attached hydrogen (secondary N) is 1. The number of hydrogen-bond acceptors (Lipinski definition) is 4. The first-order valence-corrected chi connectivity index (χ1v) is 5.78. The Bertz CT molecular complexity index is 520. The van der Waals surface area contributed by atoms with E-state index in [0.29, 0.717) is 5.82 Å². The predicted molar refractivity (Wildman–Crippen MR) is 66.5 cm³/mol. The maximum Gasteiger partial charge on any atom is 0.243 e. The minimum atomic E-state index is -0.123. The summed E-state index contributed by atoms with van der Waals surface area (Å²) >= 11 is 0. The third-order valence-electron chi connectivity index (χ3n) is 2.22. The van der Waals surface area contributed by atoms with E-state index in [2.05, 4.69) is 20.7 Å². The summed E-state index contributed by atoms with van der Waals surface area (Å²) in [7, 11) is 0.